The van der Waals surface area contributed by atoms with Crippen LogP contribution < -0.4 is 9.47 Å². The second kappa shape index (κ2) is 8.24. The molecule has 0 unspecified atom stereocenters. The third kappa shape index (κ3) is 3.93. The molecular formula is C17H22ClNO5. The lowest BCUT2D eigenvalue weighted by Gasteiger charge is -2.33. The maximum absolute atomic E-state index is 12.8. The fourth-order valence-corrected chi connectivity index (χ4v) is 3.05. The third-order valence-electron chi connectivity index (χ3n) is 3.98. The zero-order valence-electron chi connectivity index (χ0n) is 13.9. The minimum Gasteiger partial charge on any atom is -0.493 e. The summed E-state index contributed by atoms with van der Waals surface area (Å²) in [7, 11) is 1.47. The number of carbonyl (C=O) groups excluding carboxylic acids is 1. The molecule has 1 saturated heterocycles. The Hall–Kier alpha value is -1.95. The molecule has 0 aromatic heterocycles. The van der Waals surface area contributed by atoms with Crippen LogP contribution in [-0.4, -0.2) is 48.2 Å². The van der Waals surface area contributed by atoms with Crippen molar-refractivity contribution in [3.05, 3.63) is 22.7 Å². The molecule has 1 aromatic carbocycles. The number of nitrogens with zero attached hydrogens (tertiary/aromatic N) is 1. The average Bonchev–Trinajstić information content (AvgIpc) is 2.59. The van der Waals surface area contributed by atoms with Crippen LogP contribution in [0.1, 0.15) is 43.0 Å². The second-order valence-corrected chi connectivity index (χ2v) is 6.09. The van der Waals surface area contributed by atoms with E-state index in [4.69, 9.17) is 21.1 Å². The minimum absolute atomic E-state index is 0.273. The predicted octanol–water partition coefficient (Wildman–Crippen LogP) is 3.22. The van der Waals surface area contributed by atoms with Gasteiger partial charge in [-0.05, 0) is 37.8 Å². The summed E-state index contributed by atoms with van der Waals surface area (Å²) in [5, 5.41) is 9.61. The number of benzene rings is 1. The molecule has 1 N–H and O–H groups in total. The fourth-order valence-electron chi connectivity index (χ4n) is 2.78. The molecule has 132 valence electrons. The molecule has 6 nitrogen and oxygen atoms in total. The number of hydrogen-bond donors (Lipinski definition) is 1. The van der Waals surface area contributed by atoms with Gasteiger partial charge in [-0.15, -0.1) is 0 Å². The highest BCUT2D eigenvalue weighted by molar-refractivity contribution is 6.32. The van der Waals surface area contributed by atoms with E-state index < -0.39 is 12.0 Å². The summed E-state index contributed by atoms with van der Waals surface area (Å²) >= 11 is 6.24. The molecule has 1 aromatic rings. The highest BCUT2D eigenvalue weighted by Crippen LogP contribution is 2.37. The summed E-state index contributed by atoms with van der Waals surface area (Å²) in [6.07, 6.45) is 2.87. The number of methoxy groups -OCH3 is 1. The van der Waals surface area contributed by atoms with Crippen molar-refractivity contribution in [3.8, 4) is 11.5 Å². The van der Waals surface area contributed by atoms with Crippen LogP contribution in [-0.2, 0) is 4.79 Å². The number of halogens is 1. The van der Waals surface area contributed by atoms with Gasteiger partial charge in [0.2, 0.25) is 0 Å². The minimum atomic E-state index is -0.982. The molecule has 1 fully saturated rings. The predicted molar refractivity (Wildman–Crippen MR) is 90.1 cm³/mol. The lowest BCUT2D eigenvalue weighted by atomic mass is 10.0. The van der Waals surface area contributed by atoms with Gasteiger partial charge in [-0.2, -0.15) is 0 Å². The lowest BCUT2D eigenvalue weighted by Crippen LogP contribution is -2.48. The van der Waals surface area contributed by atoms with Gasteiger partial charge in [0.25, 0.3) is 5.91 Å². The Bertz CT molecular complexity index is 619. The maximum atomic E-state index is 12.8. The van der Waals surface area contributed by atoms with Crippen molar-refractivity contribution in [1.29, 1.82) is 0 Å². The van der Waals surface area contributed by atoms with Gasteiger partial charge >= 0.3 is 5.97 Å². The van der Waals surface area contributed by atoms with Gasteiger partial charge in [0.05, 0.1) is 18.7 Å². The van der Waals surface area contributed by atoms with Crippen LogP contribution in [0.4, 0.5) is 0 Å². The van der Waals surface area contributed by atoms with E-state index in [0.29, 0.717) is 36.6 Å². The molecule has 1 amide bonds. The number of likely N-dealkylation sites (tertiary alicyclic amines) is 1. The molecule has 2 rings (SSSR count). The first kappa shape index (κ1) is 18.4. The Morgan fingerprint density at radius 3 is 2.75 bits per heavy atom. The molecule has 1 heterocycles. The van der Waals surface area contributed by atoms with Crippen molar-refractivity contribution >= 4 is 23.5 Å². The van der Waals surface area contributed by atoms with E-state index in [1.165, 1.54) is 18.1 Å². The molecular weight excluding hydrogens is 334 g/mol. The highest BCUT2D eigenvalue weighted by Gasteiger charge is 2.33. The van der Waals surface area contributed by atoms with Crippen molar-refractivity contribution < 1.29 is 24.2 Å². The normalized spacial score (nSPS) is 17.5. The van der Waals surface area contributed by atoms with Crippen LogP contribution in [0, 0.1) is 0 Å². The number of carboxylic acid groups (broad SMARTS) is 1. The zero-order chi connectivity index (χ0) is 17.7. The Morgan fingerprint density at radius 1 is 1.38 bits per heavy atom. The summed E-state index contributed by atoms with van der Waals surface area (Å²) in [5.41, 5.74) is 0.300. The van der Waals surface area contributed by atoms with Crippen LogP contribution in [0.5, 0.6) is 11.5 Å². The number of carbonyl (C=O) groups is 2. The largest absolute Gasteiger partial charge is 0.493 e. The monoisotopic (exact) mass is 355 g/mol. The Labute approximate surface area is 146 Å². The van der Waals surface area contributed by atoms with Crippen LogP contribution in [0.3, 0.4) is 0 Å². The molecule has 0 aliphatic carbocycles. The molecule has 0 bridgehead atoms. The third-order valence-corrected chi connectivity index (χ3v) is 4.26. The van der Waals surface area contributed by atoms with E-state index in [-0.39, 0.29) is 10.9 Å². The van der Waals surface area contributed by atoms with Crippen LogP contribution >= 0.6 is 11.6 Å². The number of hydrogen-bond acceptors (Lipinski definition) is 4. The van der Waals surface area contributed by atoms with E-state index in [2.05, 4.69) is 0 Å². The Balaban J connectivity index is 2.31. The van der Waals surface area contributed by atoms with Crippen molar-refractivity contribution in [2.75, 3.05) is 20.3 Å². The van der Waals surface area contributed by atoms with Crippen molar-refractivity contribution in [1.82, 2.24) is 4.90 Å². The van der Waals surface area contributed by atoms with Gasteiger partial charge in [-0.3, -0.25) is 4.79 Å². The van der Waals surface area contributed by atoms with E-state index in [0.717, 1.165) is 19.3 Å². The molecule has 0 spiro atoms. The summed E-state index contributed by atoms with van der Waals surface area (Å²) in [6, 6.07) is 2.25. The van der Waals surface area contributed by atoms with Crippen molar-refractivity contribution in [2.24, 2.45) is 0 Å². The number of ether oxygens (including phenoxy) is 2. The smallest absolute Gasteiger partial charge is 0.326 e. The van der Waals surface area contributed by atoms with Crippen LogP contribution in [0.15, 0.2) is 12.1 Å². The Morgan fingerprint density at radius 2 is 2.12 bits per heavy atom. The molecule has 1 aliphatic heterocycles. The number of amides is 1. The van der Waals surface area contributed by atoms with E-state index in [1.807, 2.05) is 6.92 Å². The fraction of sp³-hybridized carbons (Fsp3) is 0.529. The first-order valence-electron chi connectivity index (χ1n) is 8.03. The number of piperidine rings is 1. The van der Waals surface area contributed by atoms with Crippen LogP contribution in [0.25, 0.3) is 0 Å². The van der Waals surface area contributed by atoms with Crippen molar-refractivity contribution in [2.45, 2.75) is 38.6 Å². The molecule has 0 saturated carbocycles. The van der Waals surface area contributed by atoms with Gasteiger partial charge in [0.1, 0.15) is 6.04 Å². The van der Waals surface area contributed by atoms with Gasteiger partial charge in [-0.25, -0.2) is 4.79 Å². The van der Waals surface area contributed by atoms with Crippen molar-refractivity contribution in [3.63, 3.8) is 0 Å². The molecule has 0 radical (unpaired) electrons. The maximum Gasteiger partial charge on any atom is 0.326 e. The molecule has 24 heavy (non-hydrogen) atoms. The summed E-state index contributed by atoms with van der Waals surface area (Å²) in [5.74, 6) is -0.581. The van der Waals surface area contributed by atoms with E-state index in [1.54, 1.807) is 6.07 Å². The number of aliphatic carboxylic acids is 1. The quantitative estimate of drug-likeness (QED) is 0.847. The van der Waals surface area contributed by atoms with E-state index in [9.17, 15) is 14.7 Å². The first-order valence-corrected chi connectivity index (χ1v) is 8.41. The molecule has 7 heteroatoms. The lowest BCUT2D eigenvalue weighted by molar-refractivity contribution is -0.143. The van der Waals surface area contributed by atoms with E-state index >= 15 is 0 Å². The van der Waals surface area contributed by atoms with Gasteiger partial charge < -0.3 is 19.5 Å². The SMILES string of the molecule is CCCOc1c(Cl)cc(C(=O)N2CCCC[C@@H]2C(=O)O)cc1OC. The Kier molecular flexibility index (Phi) is 6.31. The zero-order valence-corrected chi connectivity index (χ0v) is 14.6. The van der Waals surface area contributed by atoms with Gasteiger partial charge in [0, 0.05) is 12.1 Å². The number of carboxylic acids is 1. The van der Waals surface area contributed by atoms with Crippen LogP contribution in [0.2, 0.25) is 5.02 Å². The molecule has 1 atom stereocenters. The summed E-state index contributed by atoms with van der Waals surface area (Å²) < 4.78 is 10.9. The topological polar surface area (TPSA) is 76.1 Å². The highest BCUT2D eigenvalue weighted by atomic mass is 35.5. The first-order chi connectivity index (χ1) is 11.5. The standard InChI is InChI=1S/C17H22ClNO5/c1-3-8-24-15-12(18)9-11(10-14(15)23-2)16(20)19-7-5-4-6-13(19)17(21)22/h9-10,13H,3-8H2,1-2H3,(H,21,22)/t13-/m1/s1. The summed E-state index contributed by atoms with van der Waals surface area (Å²) in [6.45, 7) is 2.88. The average molecular weight is 356 g/mol. The van der Waals surface area contributed by atoms with Gasteiger partial charge in [-0.1, -0.05) is 18.5 Å². The molecule has 1 aliphatic rings. The number of rotatable bonds is 6. The second-order valence-electron chi connectivity index (χ2n) is 5.69. The summed E-state index contributed by atoms with van der Waals surface area (Å²) in [4.78, 5) is 25.6. The van der Waals surface area contributed by atoms with Gasteiger partial charge in [0.15, 0.2) is 11.5 Å².